The lowest BCUT2D eigenvalue weighted by Crippen LogP contribution is -2.29. The molecule has 0 fully saturated rings. The molecule has 92 valence electrons. The second-order valence-electron chi connectivity index (χ2n) is 3.45. The van der Waals surface area contributed by atoms with Gasteiger partial charge in [0, 0.05) is 13.6 Å². The normalized spacial score (nSPS) is 11.0. The Kier molecular flexibility index (Phi) is 2.69. The summed E-state index contributed by atoms with van der Waals surface area (Å²) in [5.74, 6) is 5.48. The van der Waals surface area contributed by atoms with Crippen LogP contribution in [0.25, 0.3) is 11.2 Å². The Bertz CT molecular complexity index is 666. The van der Waals surface area contributed by atoms with E-state index in [1.165, 1.54) is 16.2 Å². The van der Waals surface area contributed by atoms with Crippen LogP contribution in [0.4, 0.5) is 5.95 Å². The number of hydrogen-bond donors (Lipinski definition) is 4. The fraction of sp³-hybridized carbons (Fsp3) is 0.375. The Labute approximate surface area is 94.5 Å². The number of aliphatic hydroxyl groups is 1. The number of fused-ring (bicyclic) bond motifs is 1. The van der Waals surface area contributed by atoms with Crippen LogP contribution in [0, 0.1) is 0 Å². The third-order valence-electron chi connectivity index (χ3n) is 2.46. The van der Waals surface area contributed by atoms with E-state index >= 15 is 0 Å². The molecule has 2 heterocycles. The van der Waals surface area contributed by atoms with Crippen LogP contribution in [0.3, 0.4) is 0 Å². The summed E-state index contributed by atoms with van der Waals surface area (Å²) >= 11 is 0. The number of aliphatic hydroxyl groups excluding tert-OH is 1. The zero-order chi connectivity index (χ0) is 12.6. The number of nitrogens with one attached hydrogen (secondary N) is 2. The smallest absolute Gasteiger partial charge is 0.329 e. The molecule has 0 aromatic carbocycles. The van der Waals surface area contributed by atoms with E-state index in [2.05, 4.69) is 15.4 Å². The molecule has 0 saturated heterocycles. The number of H-pyrrole nitrogens is 1. The zero-order valence-corrected chi connectivity index (χ0v) is 9.10. The second-order valence-corrected chi connectivity index (χ2v) is 3.45. The Morgan fingerprint density at radius 3 is 2.82 bits per heavy atom. The average Bonchev–Trinajstić information content (AvgIpc) is 2.66. The molecule has 0 amide bonds. The number of nitrogen functional groups attached to an aromatic ring is 1. The van der Waals surface area contributed by atoms with Gasteiger partial charge in [-0.1, -0.05) is 0 Å². The van der Waals surface area contributed by atoms with Crippen molar-refractivity contribution >= 4 is 17.1 Å². The molecular formula is C8H12N6O3. The molecule has 17 heavy (non-hydrogen) atoms. The van der Waals surface area contributed by atoms with Crippen LogP contribution in [-0.2, 0) is 13.6 Å². The number of hydrazine groups is 1. The van der Waals surface area contributed by atoms with E-state index in [0.717, 1.165) is 0 Å². The van der Waals surface area contributed by atoms with Crippen LogP contribution < -0.4 is 22.5 Å². The van der Waals surface area contributed by atoms with Crippen LogP contribution in [-0.4, -0.2) is 30.8 Å². The molecule has 0 aliphatic carbocycles. The maximum absolute atomic E-state index is 11.7. The monoisotopic (exact) mass is 240 g/mol. The molecule has 0 aliphatic rings. The van der Waals surface area contributed by atoms with Crippen molar-refractivity contribution in [2.45, 2.75) is 6.54 Å². The molecule has 5 N–H and O–H groups in total. The van der Waals surface area contributed by atoms with Crippen molar-refractivity contribution in [1.82, 2.24) is 19.1 Å². The summed E-state index contributed by atoms with van der Waals surface area (Å²) in [6.45, 7) is -0.0280. The number of hydrogen-bond acceptors (Lipinski definition) is 6. The number of nitrogens with two attached hydrogens (primary N) is 1. The van der Waals surface area contributed by atoms with Crippen LogP contribution in [0.5, 0.6) is 0 Å². The van der Waals surface area contributed by atoms with Crippen LogP contribution in [0.1, 0.15) is 0 Å². The van der Waals surface area contributed by atoms with Crippen molar-refractivity contribution in [3.05, 3.63) is 20.8 Å². The zero-order valence-electron chi connectivity index (χ0n) is 9.10. The van der Waals surface area contributed by atoms with Gasteiger partial charge in [-0.05, 0) is 0 Å². The van der Waals surface area contributed by atoms with Gasteiger partial charge < -0.3 is 9.67 Å². The fourth-order valence-corrected chi connectivity index (χ4v) is 1.66. The number of aromatic nitrogens is 4. The second kappa shape index (κ2) is 4.03. The van der Waals surface area contributed by atoms with Gasteiger partial charge in [0.05, 0.1) is 6.61 Å². The van der Waals surface area contributed by atoms with E-state index < -0.39 is 11.2 Å². The van der Waals surface area contributed by atoms with Gasteiger partial charge in [-0.3, -0.25) is 19.8 Å². The molecular weight excluding hydrogens is 228 g/mol. The quantitative estimate of drug-likeness (QED) is 0.352. The summed E-state index contributed by atoms with van der Waals surface area (Å²) in [5, 5.41) is 8.93. The number of aryl methyl sites for hydroxylation is 1. The van der Waals surface area contributed by atoms with Crippen LogP contribution >= 0.6 is 0 Å². The van der Waals surface area contributed by atoms with E-state index in [1.807, 2.05) is 0 Å². The first-order valence-corrected chi connectivity index (χ1v) is 4.87. The summed E-state index contributed by atoms with van der Waals surface area (Å²) in [4.78, 5) is 29.3. The lowest BCUT2D eigenvalue weighted by molar-refractivity contribution is 0.278. The Morgan fingerprint density at radius 1 is 1.53 bits per heavy atom. The molecule has 9 heteroatoms. The lowest BCUT2D eigenvalue weighted by Gasteiger charge is -2.04. The van der Waals surface area contributed by atoms with Crippen molar-refractivity contribution in [3.63, 3.8) is 0 Å². The number of imidazole rings is 1. The number of anilines is 1. The largest absolute Gasteiger partial charge is 0.395 e. The fourth-order valence-electron chi connectivity index (χ4n) is 1.66. The Morgan fingerprint density at radius 2 is 2.24 bits per heavy atom. The molecule has 0 spiro atoms. The Balaban J connectivity index is 2.92. The summed E-state index contributed by atoms with van der Waals surface area (Å²) in [6, 6.07) is 0. The molecule has 0 aliphatic heterocycles. The average molecular weight is 240 g/mol. The molecule has 0 radical (unpaired) electrons. The molecule has 0 atom stereocenters. The van der Waals surface area contributed by atoms with Gasteiger partial charge in [0.15, 0.2) is 11.2 Å². The number of nitrogens with zero attached hydrogens (tertiary/aromatic N) is 3. The molecule has 2 rings (SSSR count). The number of rotatable bonds is 3. The first kappa shape index (κ1) is 11.4. The standard InChI is InChI=1S/C8H12N6O3/c1-13-5-4(6(16)11-8(13)17)14(2-3-15)7(10-5)12-9/h15H,2-3,9H2,1H3,(H,10,12)(H,11,16,17). The summed E-state index contributed by atoms with van der Waals surface area (Å²) in [7, 11) is 1.48. The van der Waals surface area contributed by atoms with Crippen LogP contribution in [0.15, 0.2) is 9.59 Å². The summed E-state index contributed by atoms with van der Waals surface area (Å²) in [5.41, 5.74) is 1.59. The maximum atomic E-state index is 11.7. The third-order valence-corrected chi connectivity index (χ3v) is 2.46. The Hall–Kier alpha value is -2.13. The van der Waals surface area contributed by atoms with Crippen molar-refractivity contribution in [3.8, 4) is 0 Å². The molecule has 9 nitrogen and oxygen atoms in total. The van der Waals surface area contributed by atoms with Gasteiger partial charge in [0.1, 0.15) is 0 Å². The van der Waals surface area contributed by atoms with Gasteiger partial charge in [-0.15, -0.1) is 0 Å². The first-order valence-electron chi connectivity index (χ1n) is 4.87. The van der Waals surface area contributed by atoms with E-state index in [4.69, 9.17) is 10.9 Å². The third kappa shape index (κ3) is 1.61. The maximum Gasteiger partial charge on any atom is 0.329 e. The minimum Gasteiger partial charge on any atom is -0.395 e. The first-order chi connectivity index (χ1) is 8.10. The van der Waals surface area contributed by atoms with Gasteiger partial charge in [0.25, 0.3) is 5.56 Å². The molecule has 2 aromatic rings. The van der Waals surface area contributed by atoms with Crippen LogP contribution in [0.2, 0.25) is 0 Å². The highest BCUT2D eigenvalue weighted by molar-refractivity contribution is 5.73. The SMILES string of the molecule is Cn1c(=O)[nH]c(=O)c2c1nc(NN)n2CCO. The topological polar surface area (TPSA) is 131 Å². The minimum atomic E-state index is -0.564. The number of aromatic amines is 1. The highest BCUT2D eigenvalue weighted by Gasteiger charge is 2.15. The summed E-state index contributed by atoms with van der Waals surface area (Å²) in [6.07, 6.45) is 0. The van der Waals surface area contributed by atoms with E-state index in [9.17, 15) is 9.59 Å². The van der Waals surface area contributed by atoms with Crippen molar-refractivity contribution in [2.75, 3.05) is 12.0 Å². The van der Waals surface area contributed by atoms with E-state index in [-0.39, 0.29) is 30.3 Å². The van der Waals surface area contributed by atoms with E-state index in [0.29, 0.717) is 0 Å². The van der Waals surface area contributed by atoms with Crippen molar-refractivity contribution in [2.24, 2.45) is 12.9 Å². The van der Waals surface area contributed by atoms with Gasteiger partial charge >= 0.3 is 5.69 Å². The highest BCUT2D eigenvalue weighted by atomic mass is 16.3. The molecule has 0 bridgehead atoms. The summed E-state index contributed by atoms with van der Waals surface area (Å²) < 4.78 is 2.61. The van der Waals surface area contributed by atoms with Crippen molar-refractivity contribution in [1.29, 1.82) is 0 Å². The van der Waals surface area contributed by atoms with Gasteiger partial charge in [-0.2, -0.15) is 4.98 Å². The molecule has 0 saturated carbocycles. The van der Waals surface area contributed by atoms with Gasteiger partial charge in [0.2, 0.25) is 5.95 Å². The minimum absolute atomic E-state index is 0.150. The van der Waals surface area contributed by atoms with Crippen molar-refractivity contribution < 1.29 is 5.11 Å². The lowest BCUT2D eigenvalue weighted by atomic mass is 10.5. The highest BCUT2D eigenvalue weighted by Crippen LogP contribution is 2.13. The molecule has 2 aromatic heterocycles. The molecule has 0 unspecified atom stereocenters. The predicted octanol–water partition coefficient (Wildman–Crippen LogP) is -2.30. The van der Waals surface area contributed by atoms with Gasteiger partial charge in [-0.25, -0.2) is 10.6 Å². The predicted molar refractivity (Wildman–Crippen MR) is 60.5 cm³/mol. The van der Waals surface area contributed by atoms with E-state index in [1.54, 1.807) is 0 Å².